The van der Waals surface area contributed by atoms with E-state index in [1.807, 2.05) is 24.3 Å². The van der Waals surface area contributed by atoms with Crippen molar-refractivity contribution in [1.29, 1.82) is 0 Å². The van der Waals surface area contributed by atoms with Gasteiger partial charge < -0.3 is 4.74 Å². The Morgan fingerprint density at radius 2 is 1.22 bits per heavy atom. The lowest BCUT2D eigenvalue weighted by atomic mass is 10.2. The Balaban J connectivity index is 2.00. The van der Waals surface area contributed by atoms with Crippen molar-refractivity contribution in [2.75, 3.05) is 6.61 Å². The molecule has 0 aromatic heterocycles. The average molecular weight is 439 g/mol. The average Bonchev–Trinajstić information content (AvgIpc) is 2.67. The first-order valence-electron chi connectivity index (χ1n) is 9.43. The van der Waals surface area contributed by atoms with Crippen molar-refractivity contribution < 1.29 is 4.74 Å². The van der Waals surface area contributed by atoms with Crippen LogP contribution in [-0.2, 0) is 0 Å². The first-order chi connectivity index (χ1) is 12.9. The van der Waals surface area contributed by atoms with Crippen molar-refractivity contribution >= 4 is 34.4 Å². The van der Waals surface area contributed by atoms with Gasteiger partial charge in [0.05, 0.1) is 11.1 Å². The second kappa shape index (κ2) is 8.45. The number of benzene rings is 3. The summed E-state index contributed by atoms with van der Waals surface area (Å²) in [6.45, 7) is 7.86. The maximum atomic E-state index is 6.22. The highest BCUT2D eigenvalue weighted by atomic mass is 79.9. The molecule has 0 saturated heterocycles. The van der Waals surface area contributed by atoms with Crippen LogP contribution in [0.5, 0.6) is 5.75 Å². The Kier molecular flexibility index (Phi) is 6.23. The second-order valence-electron chi connectivity index (χ2n) is 7.92. The van der Waals surface area contributed by atoms with Gasteiger partial charge in [-0.05, 0) is 39.1 Å². The molecule has 140 valence electrons. The molecule has 0 N–H and O–H groups in total. The van der Waals surface area contributed by atoms with Crippen LogP contribution in [0, 0.1) is 0 Å². The van der Waals surface area contributed by atoms with E-state index in [-0.39, 0.29) is 5.04 Å². The van der Waals surface area contributed by atoms with Crippen LogP contribution in [0.15, 0.2) is 89.4 Å². The highest BCUT2D eigenvalue weighted by Crippen LogP contribution is 2.38. The summed E-state index contributed by atoms with van der Waals surface area (Å²) in [6.07, 6.45) is 0. The maximum Gasteiger partial charge on any atom is 0.133 e. The molecule has 0 aliphatic carbocycles. The number of hydrogen-bond donors (Lipinski definition) is 0. The Hall–Kier alpha value is -1.84. The Morgan fingerprint density at radius 3 is 1.70 bits per heavy atom. The smallest absolute Gasteiger partial charge is 0.133 e. The van der Waals surface area contributed by atoms with Gasteiger partial charge in [0.25, 0.3) is 0 Å². The van der Waals surface area contributed by atoms with Crippen LogP contribution >= 0.6 is 15.9 Å². The zero-order valence-corrected chi connectivity index (χ0v) is 18.9. The summed E-state index contributed by atoms with van der Waals surface area (Å²) in [5, 5.41) is 3.10. The highest BCUT2D eigenvalue weighted by molar-refractivity contribution is 9.10. The maximum absolute atomic E-state index is 6.22. The second-order valence-corrected chi connectivity index (χ2v) is 13.7. The first-order valence-corrected chi connectivity index (χ1v) is 12.4. The van der Waals surface area contributed by atoms with Gasteiger partial charge in [0.15, 0.2) is 0 Å². The first kappa shape index (κ1) is 19.9. The number of rotatable bonds is 6. The molecule has 0 amide bonds. The minimum Gasteiger partial charge on any atom is -0.493 e. The number of ether oxygens (including phenoxy) is 1. The summed E-state index contributed by atoms with van der Waals surface area (Å²) in [5.41, 5.74) is 0. The summed E-state index contributed by atoms with van der Waals surface area (Å²) >= 11 is 3.59. The monoisotopic (exact) mass is 438 g/mol. The van der Waals surface area contributed by atoms with Gasteiger partial charge in [0.1, 0.15) is 13.8 Å². The molecule has 3 aromatic rings. The normalized spacial score (nSPS) is 12.0. The van der Waals surface area contributed by atoms with Gasteiger partial charge in [0, 0.05) is 0 Å². The molecule has 0 aliphatic rings. The molecule has 0 heterocycles. The molecule has 0 spiro atoms. The quantitative estimate of drug-likeness (QED) is 0.435. The molecule has 0 aliphatic heterocycles. The van der Waals surface area contributed by atoms with Crippen LogP contribution in [0.1, 0.15) is 20.8 Å². The lowest BCUT2D eigenvalue weighted by Gasteiger charge is -2.44. The van der Waals surface area contributed by atoms with E-state index in [4.69, 9.17) is 4.74 Å². The molecule has 27 heavy (non-hydrogen) atoms. The van der Waals surface area contributed by atoms with E-state index in [2.05, 4.69) is 97.4 Å². The van der Waals surface area contributed by atoms with Crippen molar-refractivity contribution in [2.24, 2.45) is 0 Å². The third-order valence-electron chi connectivity index (χ3n) is 5.38. The fourth-order valence-electron chi connectivity index (χ4n) is 4.02. The van der Waals surface area contributed by atoms with Crippen molar-refractivity contribution in [2.45, 2.75) is 31.9 Å². The van der Waals surface area contributed by atoms with E-state index in [9.17, 15) is 0 Å². The van der Waals surface area contributed by atoms with E-state index in [0.717, 1.165) is 16.3 Å². The summed E-state index contributed by atoms with van der Waals surface area (Å²) < 4.78 is 7.23. The van der Waals surface area contributed by atoms with Crippen LogP contribution in [0.3, 0.4) is 0 Å². The zero-order chi connectivity index (χ0) is 19.3. The SMILES string of the molecule is CC(C)(C)[Si](CCOc1ccccc1Br)(c1ccccc1)c1ccccc1. The molecule has 3 aromatic carbocycles. The van der Waals surface area contributed by atoms with Crippen LogP contribution in [-0.4, -0.2) is 14.7 Å². The van der Waals surface area contributed by atoms with Crippen LogP contribution in [0.25, 0.3) is 0 Å². The van der Waals surface area contributed by atoms with Gasteiger partial charge in [0.2, 0.25) is 0 Å². The fourth-order valence-corrected chi connectivity index (χ4v) is 9.74. The molecule has 0 radical (unpaired) electrons. The summed E-state index contributed by atoms with van der Waals surface area (Å²) in [6, 6.07) is 31.2. The van der Waals surface area contributed by atoms with Gasteiger partial charge in [-0.2, -0.15) is 0 Å². The van der Waals surface area contributed by atoms with Crippen LogP contribution in [0.2, 0.25) is 11.1 Å². The lowest BCUT2D eigenvalue weighted by molar-refractivity contribution is 0.335. The Morgan fingerprint density at radius 1 is 0.741 bits per heavy atom. The topological polar surface area (TPSA) is 9.23 Å². The minimum absolute atomic E-state index is 0.160. The Labute approximate surface area is 172 Å². The van der Waals surface area contributed by atoms with Gasteiger partial charge >= 0.3 is 0 Å². The number of hydrogen-bond acceptors (Lipinski definition) is 1. The van der Waals surface area contributed by atoms with Gasteiger partial charge in [-0.25, -0.2) is 0 Å². The molecule has 0 bridgehead atoms. The summed E-state index contributed by atoms with van der Waals surface area (Å²) in [5.74, 6) is 0.912. The molecule has 1 nitrogen and oxygen atoms in total. The largest absolute Gasteiger partial charge is 0.493 e. The van der Waals surface area contributed by atoms with Crippen molar-refractivity contribution in [1.82, 2.24) is 0 Å². The molecule has 0 atom stereocenters. The third kappa shape index (κ3) is 4.20. The van der Waals surface area contributed by atoms with Gasteiger partial charge in [-0.3, -0.25) is 0 Å². The predicted molar refractivity (Wildman–Crippen MR) is 122 cm³/mol. The minimum atomic E-state index is -2.06. The molecular formula is C24H27BrOSi. The molecular weight excluding hydrogens is 412 g/mol. The van der Waals surface area contributed by atoms with E-state index in [1.165, 1.54) is 10.4 Å². The summed E-state index contributed by atoms with van der Waals surface area (Å²) in [7, 11) is -2.06. The van der Waals surface area contributed by atoms with Crippen molar-refractivity contribution in [3.63, 3.8) is 0 Å². The molecule has 0 fully saturated rings. The van der Waals surface area contributed by atoms with E-state index in [0.29, 0.717) is 6.61 Å². The molecule has 3 rings (SSSR count). The van der Waals surface area contributed by atoms with E-state index < -0.39 is 8.07 Å². The van der Waals surface area contributed by atoms with E-state index in [1.54, 1.807) is 0 Å². The number of para-hydroxylation sites is 1. The Bertz CT molecular complexity index is 817. The molecule has 0 unspecified atom stereocenters. The molecule has 3 heteroatoms. The highest BCUT2D eigenvalue weighted by Gasteiger charge is 2.47. The number of halogens is 1. The van der Waals surface area contributed by atoms with Crippen molar-refractivity contribution in [3.05, 3.63) is 89.4 Å². The fraction of sp³-hybridized carbons (Fsp3) is 0.250. The third-order valence-corrected chi connectivity index (χ3v) is 12.2. The molecule has 0 saturated carbocycles. The van der Waals surface area contributed by atoms with Gasteiger partial charge in [-0.1, -0.05) is 104 Å². The van der Waals surface area contributed by atoms with E-state index >= 15 is 0 Å². The van der Waals surface area contributed by atoms with Gasteiger partial charge in [-0.15, -0.1) is 0 Å². The summed E-state index contributed by atoms with van der Waals surface area (Å²) in [4.78, 5) is 0. The van der Waals surface area contributed by atoms with Crippen molar-refractivity contribution in [3.8, 4) is 5.75 Å². The predicted octanol–water partition coefficient (Wildman–Crippen LogP) is 5.89. The lowest BCUT2D eigenvalue weighted by Crippen LogP contribution is -2.64. The van der Waals surface area contributed by atoms with Crippen LogP contribution in [0.4, 0.5) is 0 Å². The van der Waals surface area contributed by atoms with Crippen LogP contribution < -0.4 is 15.1 Å². The zero-order valence-electron chi connectivity index (χ0n) is 16.3. The standard InChI is InChI=1S/C24H27BrOSi/c1-24(2,3)27(20-12-6-4-7-13-20,21-14-8-5-9-15-21)19-18-26-23-17-11-10-16-22(23)25/h4-17H,18-19H2,1-3H3.